The summed E-state index contributed by atoms with van der Waals surface area (Å²) in [4.78, 5) is 28.8. The third-order valence-electron chi connectivity index (χ3n) is 9.26. The van der Waals surface area contributed by atoms with Gasteiger partial charge in [0, 0.05) is 35.9 Å². The summed E-state index contributed by atoms with van der Waals surface area (Å²) in [7, 11) is 0. The van der Waals surface area contributed by atoms with Gasteiger partial charge < -0.3 is 0 Å². The van der Waals surface area contributed by atoms with Crippen LogP contribution in [0.3, 0.4) is 0 Å². The number of rotatable bonds is 8. The highest BCUT2D eigenvalue weighted by Gasteiger charge is 2.16. The summed E-state index contributed by atoms with van der Waals surface area (Å²) in [6, 6.07) is 57.8. The van der Waals surface area contributed by atoms with Crippen LogP contribution < -0.4 is 0 Å². The van der Waals surface area contributed by atoms with E-state index in [2.05, 4.69) is 123 Å². The van der Waals surface area contributed by atoms with Gasteiger partial charge in [0.15, 0.2) is 0 Å². The second-order valence-corrected chi connectivity index (χ2v) is 12.9. The summed E-state index contributed by atoms with van der Waals surface area (Å²) in [5, 5.41) is 0. The molecule has 6 heterocycles. The Hall–Kier alpha value is -7.44. The molecule has 3 aromatic carbocycles. The standard InChI is InChI=1S/C48H32N6/c1-3-13-33(14-4-1)44-29-39(30-45(53-44)34-15-5-2-6-16-34)37-25-36(35-20-24-52-46(28-35)41-17-7-10-21-49-41)26-38(27-37)40-31-47(42-18-8-11-22-50-42)54-48(32-40)43-19-9-12-23-51-43/h1-32H. The van der Waals surface area contributed by atoms with Crippen molar-refractivity contribution in [3.05, 3.63) is 195 Å². The lowest BCUT2D eigenvalue weighted by molar-refractivity contribution is 1.22. The van der Waals surface area contributed by atoms with Crippen LogP contribution in [0, 0.1) is 0 Å². The average molecular weight is 693 g/mol. The first-order valence-electron chi connectivity index (χ1n) is 17.7. The fourth-order valence-electron chi connectivity index (χ4n) is 6.59. The molecule has 0 N–H and O–H groups in total. The number of pyridine rings is 6. The molecule has 0 spiro atoms. The molecule has 9 rings (SSSR count). The second kappa shape index (κ2) is 14.7. The Kier molecular flexibility index (Phi) is 8.81. The molecule has 0 bridgehead atoms. The Morgan fingerprint density at radius 1 is 0.204 bits per heavy atom. The lowest BCUT2D eigenvalue weighted by atomic mass is 9.91. The minimum absolute atomic E-state index is 0.767. The summed E-state index contributed by atoms with van der Waals surface area (Å²) in [5.74, 6) is 0. The quantitative estimate of drug-likeness (QED) is 0.158. The van der Waals surface area contributed by atoms with Gasteiger partial charge in [-0.05, 0) is 124 Å². The van der Waals surface area contributed by atoms with Crippen LogP contribution in [0.2, 0.25) is 0 Å². The molecule has 0 amide bonds. The maximum Gasteiger partial charge on any atom is 0.0900 e. The van der Waals surface area contributed by atoms with Gasteiger partial charge in [-0.2, -0.15) is 0 Å². The highest BCUT2D eigenvalue weighted by Crippen LogP contribution is 2.38. The zero-order valence-corrected chi connectivity index (χ0v) is 29.2. The molecule has 0 saturated heterocycles. The van der Waals surface area contributed by atoms with Gasteiger partial charge >= 0.3 is 0 Å². The van der Waals surface area contributed by atoms with Gasteiger partial charge in [0.25, 0.3) is 0 Å². The summed E-state index contributed by atoms with van der Waals surface area (Å²) in [6.07, 6.45) is 7.24. The Labute approximate surface area is 313 Å². The highest BCUT2D eigenvalue weighted by atomic mass is 14.8. The molecular weight excluding hydrogens is 661 g/mol. The van der Waals surface area contributed by atoms with E-state index in [0.717, 1.165) is 90.1 Å². The zero-order valence-electron chi connectivity index (χ0n) is 29.2. The minimum Gasteiger partial charge on any atom is -0.255 e. The van der Waals surface area contributed by atoms with Crippen molar-refractivity contribution in [2.45, 2.75) is 0 Å². The summed E-state index contributed by atoms with van der Waals surface area (Å²) >= 11 is 0. The van der Waals surface area contributed by atoms with Crippen LogP contribution in [0.15, 0.2) is 195 Å². The third kappa shape index (κ3) is 6.92. The van der Waals surface area contributed by atoms with Gasteiger partial charge in [-0.1, -0.05) is 78.9 Å². The van der Waals surface area contributed by atoms with Crippen molar-refractivity contribution in [3.63, 3.8) is 0 Å². The smallest absolute Gasteiger partial charge is 0.0900 e. The predicted molar refractivity (Wildman–Crippen MR) is 217 cm³/mol. The van der Waals surface area contributed by atoms with E-state index in [1.165, 1.54) is 0 Å². The van der Waals surface area contributed by atoms with E-state index in [0.29, 0.717) is 0 Å². The van der Waals surface area contributed by atoms with Crippen LogP contribution in [0.4, 0.5) is 0 Å². The molecule has 0 radical (unpaired) electrons. The molecule has 54 heavy (non-hydrogen) atoms. The molecule has 0 saturated carbocycles. The third-order valence-corrected chi connectivity index (χ3v) is 9.26. The van der Waals surface area contributed by atoms with Crippen LogP contribution >= 0.6 is 0 Å². The van der Waals surface area contributed by atoms with Gasteiger partial charge in [0.1, 0.15) is 0 Å². The molecule has 9 aromatic rings. The molecule has 0 fully saturated rings. The largest absolute Gasteiger partial charge is 0.255 e. The number of aromatic nitrogens is 6. The van der Waals surface area contributed by atoms with E-state index in [-0.39, 0.29) is 0 Å². The predicted octanol–water partition coefficient (Wildman–Crippen LogP) is 11.4. The Bertz CT molecular complexity index is 2430. The van der Waals surface area contributed by atoms with Crippen LogP contribution in [-0.2, 0) is 0 Å². The SMILES string of the molecule is c1ccc(-c2cc(-c3cc(-c4ccnc(-c5ccccn5)c4)cc(-c4cc(-c5ccccn5)nc(-c5ccccn5)c4)c3)cc(-c3ccccc3)n2)cc1. The summed E-state index contributed by atoms with van der Waals surface area (Å²) < 4.78 is 0. The average Bonchev–Trinajstić information content (AvgIpc) is 3.27. The molecular formula is C48H32N6. The fourth-order valence-corrected chi connectivity index (χ4v) is 6.59. The highest BCUT2D eigenvalue weighted by molar-refractivity contribution is 5.86. The zero-order chi connectivity index (χ0) is 36.1. The Morgan fingerprint density at radius 3 is 1.02 bits per heavy atom. The number of benzene rings is 3. The molecule has 0 aliphatic heterocycles. The van der Waals surface area contributed by atoms with Gasteiger partial charge in [-0.25, -0.2) is 9.97 Å². The molecule has 0 atom stereocenters. The lowest BCUT2D eigenvalue weighted by Gasteiger charge is -2.15. The van der Waals surface area contributed by atoms with Crippen molar-refractivity contribution in [2.24, 2.45) is 0 Å². The second-order valence-electron chi connectivity index (χ2n) is 12.9. The Balaban J connectivity index is 1.28. The Morgan fingerprint density at radius 2 is 0.556 bits per heavy atom. The van der Waals surface area contributed by atoms with Crippen molar-refractivity contribution >= 4 is 0 Å². The molecule has 6 heteroatoms. The first-order valence-corrected chi connectivity index (χ1v) is 17.7. The molecule has 6 aromatic heterocycles. The fraction of sp³-hybridized carbons (Fsp3) is 0. The van der Waals surface area contributed by atoms with E-state index in [4.69, 9.17) is 9.97 Å². The maximum absolute atomic E-state index is 5.16. The number of nitrogens with zero attached hydrogens (tertiary/aromatic N) is 6. The van der Waals surface area contributed by atoms with E-state index in [9.17, 15) is 0 Å². The van der Waals surface area contributed by atoms with Crippen LogP contribution in [0.1, 0.15) is 0 Å². The van der Waals surface area contributed by atoms with Gasteiger partial charge in [-0.3, -0.25) is 19.9 Å². The molecule has 254 valence electrons. The van der Waals surface area contributed by atoms with Crippen molar-refractivity contribution in [1.82, 2.24) is 29.9 Å². The summed E-state index contributed by atoms with van der Waals surface area (Å²) in [5.41, 5.74) is 14.8. The molecule has 0 unspecified atom stereocenters. The van der Waals surface area contributed by atoms with Gasteiger partial charge in [-0.15, -0.1) is 0 Å². The molecule has 0 aliphatic rings. The van der Waals surface area contributed by atoms with Crippen LogP contribution in [0.5, 0.6) is 0 Å². The van der Waals surface area contributed by atoms with Crippen molar-refractivity contribution < 1.29 is 0 Å². The van der Waals surface area contributed by atoms with Gasteiger partial charge in [0.05, 0.1) is 45.6 Å². The lowest BCUT2D eigenvalue weighted by Crippen LogP contribution is -1.95. The minimum atomic E-state index is 0.767. The normalized spacial score (nSPS) is 11.0. The van der Waals surface area contributed by atoms with Crippen molar-refractivity contribution in [3.8, 4) is 90.1 Å². The van der Waals surface area contributed by atoms with E-state index < -0.39 is 0 Å². The van der Waals surface area contributed by atoms with Gasteiger partial charge in [0.2, 0.25) is 0 Å². The van der Waals surface area contributed by atoms with Crippen LogP contribution in [-0.4, -0.2) is 29.9 Å². The monoisotopic (exact) mass is 692 g/mol. The van der Waals surface area contributed by atoms with E-state index >= 15 is 0 Å². The first-order chi connectivity index (χ1) is 26.7. The number of hydrogen-bond donors (Lipinski definition) is 0. The molecule has 6 nitrogen and oxygen atoms in total. The first kappa shape index (κ1) is 32.5. The maximum atomic E-state index is 5.16. The number of hydrogen-bond acceptors (Lipinski definition) is 6. The molecule has 0 aliphatic carbocycles. The summed E-state index contributed by atoms with van der Waals surface area (Å²) in [6.45, 7) is 0. The van der Waals surface area contributed by atoms with Crippen molar-refractivity contribution in [2.75, 3.05) is 0 Å². The topological polar surface area (TPSA) is 77.3 Å². The van der Waals surface area contributed by atoms with Crippen LogP contribution in [0.25, 0.3) is 90.1 Å². The van der Waals surface area contributed by atoms with E-state index in [1.54, 1.807) is 18.6 Å². The van der Waals surface area contributed by atoms with E-state index in [1.807, 2.05) is 72.9 Å². The van der Waals surface area contributed by atoms with Crippen molar-refractivity contribution in [1.29, 1.82) is 0 Å².